The quantitative estimate of drug-likeness (QED) is 0.440. The Balaban J connectivity index is 2.28. The molecule has 1 saturated heterocycles. The van der Waals surface area contributed by atoms with E-state index in [1.165, 1.54) is 11.0 Å². The number of methoxy groups -OCH3 is 1. The number of ether oxygens (including phenoxy) is 1. The van der Waals surface area contributed by atoms with Gasteiger partial charge in [0.2, 0.25) is 0 Å². The average molecular weight is 401 g/mol. The van der Waals surface area contributed by atoms with Gasteiger partial charge in [-0.1, -0.05) is 12.1 Å². The molecule has 2 rings (SSSR count). The molecule has 0 bridgehead atoms. The molecule has 4 nitrogen and oxygen atoms in total. The predicted molar refractivity (Wildman–Crippen MR) is 88.6 cm³/mol. The normalized spacial score (nSPS) is 16.9. The maximum atomic E-state index is 12.1. The number of imide groups is 1. The highest BCUT2D eigenvalue weighted by molar-refractivity contribution is 14.1. The van der Waals surface area contributed by atoms with Crippen LogP contribution in [0.4, 0.5) is 4.79 Å². The highest BCUT2D eigenvalue weighted by atomic mass is 127. The molecule has 0 unspecified atom stereocenters. The van der Waals surface area contributed by atoms with Crippen LogP contribution in [0.2, 0.25) is 0 Å². The smallest absolute Gasteiger partial charge is 0.293 e. The van der Waals surface area contributed by atoms with E-state index in [-0.39, 0.29) is 17.7 Å². The number of amides is 2. The molecular formula is C14H12INO3S. The summed E-state index contributed by atoms with van der Waals surface area (Å²) in [7, 11) is 1.61. The van der Waals surface area contributed by atoms with Crippen LogP contribution in [0.25, 0.3) is 6.08 Å². The molecule has 6 heteroatoms. The standard InChI is InChI=1S/C14H12INO3S/c1-3-6-16-13(17)12(20-14(16)18)8-9-4-5-11(19-2)10(15)7-9/h3-5,7-8H,1,6H2,2H3/b12-8+. The van der Waals surface area contributed by atoms with E-state index in [9.17, 15) is 9.59 Å². The number of hydrogen-bond donors (Lipinski definition) is 0. The molecule has 0 aliphatic carbocycles. The maximum Gasteiger partial charge on any atom is 0.293 e. The number of thioether (sulfide) groups is 1. The summed E-state index contributed by atoms with van der Waals surface area (Å²) in [6.07, 6.45) is 3.26. The van der Waals surface area contributed by atoms with E-state index >= 15 is 0 Å². The summed E-state index contributed by atoms with van der Waals surface area (Å²) in [5.41, 5.74) is 0.860. The van der Waals surface area contributed by atoms with Crippen molar-refractivity contribution in [2.75, 3.05) is 13.7 Å². The first-order chi connectivity index (χ1) is 9.56. The lowest BCUT2D eigenvalue weighted by atomic mass is 10.2. The molecule has 0 atom stereocenters. The first-order valence-corrected chi connectivity index (χ1v) is 7.66. The van der Waals surface area contributed by atoms with Crippen LogP contribution in [0.5, 0.6) is 5.75 Å². The maximum absolute atomic E-state index is 12.1. The SMILES string of the molecule is C=CCN1C(=O)S/C(=C/c2ccc(OC)c(I)c2)C1=O. The van der Waals surface area contributed by atoms with Gasteiger partial charge in [0.25, 0.3) is 11.1 Å². The highest BCUT2D eigenvalue weighted by Crippen LogP contribution is 2.32. The van der Waals surface area contributed by atoms with Crippen LogP contribution in [-0.4, -0.2) is 29.7 Å². The second-order valence-corrected chi connectivity index (χ2v) is 6.13. The molecule has 1 heterocycles. The van der Waals surface area contributed by atoms with Crippen molar-refractivity contribution in [3.8, 4) is 5.75 Å². The number of hydrogen-bond acceptors (Lipinski definition) is 4. The summed E-state index contributed by atoms with van der Waals surface area (Å²) in [5.74, 6) is 0.508. The van der Waals surface area contributed by atoms with E-state index in [1.54, 1.807) is 13.2 Å². The summed E-state index contributed by atoms with van der Waals surface area (Å²) in [4.78, 5) is 25.4. The van der Waals surface area contributed by atoms with Gasteiger partial charge in [0.1, 0.15) is 5.75 Å². The van der Waals surface area contributed by atoms with Crippen molar-refractivity contribution < 1.29 is 14.3 Å². The van der Waals surface area contributed by atoms with Crippen molar-refractivity contribution in [1.82, 2.24) is 4.90 Å². The van der Waals surface area contributed by atoms with E-state index in [2.05, 4.69) is 29.2 Å². The predicted octanol–water partition coefficient (Wildman–Crippen LogP) is 3.52. The Morgan fingerprint density at radius 1 is 1.45 bits per heavy atom. The fourth-order valence-corrected chi connectivity index (χ4v) is 3.32. The number of halogens is 1. The minimum atomic E-state index is -0.272. The van der Waals surface area contributed by atoms with Crippen LogP contribution in [0, 0.1) is 3.57 Å². The van der Waals surface area contributed by atoms with Gasteiger partial charge in [0.15, 0.2) is 0 Å². The Hall–Kier alpha value is -1.28. The minimum Gasteiger partial charge on any atom is -0.496 e. The van der Waals surface area contributed by atoms with Gasteiger partial charge in [-0.05, 0) is 58.1 Å². The van der Waals surface area contributed by atoms with Crippen molar-refractivity contribution in [3.63, 3.8) is 0 Å². The zero-order valence-electron chi connectivity index (χ0n) is 10.8. The third-order valence-corrected chi connectivity index (χ3v) is 4.41. The topological polar surface area (TPSA) is 46.6 Å². The lowest BCUT2D eigenvalue weighted by molar-refractivity contribution is -0.122. The van der Waals surface area contributed by atoms with Gasteiger partial charge in [-0.15, -0.1) is 6.58 Å². The molecule has 0 N–H and O–H groups in total. The molecular weight excluding hydrogens is 389 g/mol. The highest BCUT2D eigenvalue weighted by Gasteiger charge is 2.33. The number of nitrogens with zero attached hydrogens (tertiary/aromatic N) is 1. The molecule has 0 radical (unpaired) electrons. The van der Waals surface area contributed by atoms with E-state index in [4.69, 9.17) is 4.74 Å². The van der Waals surface area contributed by atoms with Gasteiger partial charge < -0.3 is 4.74 Å². The van der Waals surface area contributed by atoms with Crippen LogP contribution in [0.15, 0.2) is 35.8 Å². The average Bonchev–Trinajstić information content (AvgIpc) is 2.67. The molecule has 20 heavy (non-hydrogen) atoms. The monoisotopic (exact) mass is 401 g/mol. The lowest BCUT2D eigenvalue weighted by Crippen LogP contribution is -2.27. The van der Waals surface area contributed by atoms with Gasteiger partial charge in [-0.25, -0.2) is 0 Å². The summed E-state index contributed by atoms with van der Waals surface area (Å²) in [6, 6.07) is 5.59. The third-order valence-electron chi connectivity index (χ3n) is 2.66. The van der Waals surface area contributed by atoms with Gasteiger partial charge in [0, 0.05) is 6.54 Å². The zero-order valence-corrected chi connectivity index (χ0v) is 13.7. The van der Waals surface area contributed by atoms with Crippen molar-refractivity contribution >= 4 is 51.6 Å². The lowest BCUT2D eigenvalue weighted by Gasteiger charge is -2.07. The van der Waals surface area contributed by atoms with Crippen molar-refractivity contribution in [2.45, 2.75) is 0 Å². The summed E-state index contributed by atoms with van der Waals surface area (Å²) in [6.45, 7) is 3.78. The number of carbonyl (C=O) groups excluding carboxylic acids is 2. The van der Waals surface area contributed by atoms with E-state index in [0.29, 0.717) is 4.91 Å². The second kappa shape index (κ2) is 6.45. The van der Waals surface area contributed by atoms with Crippen LogP contribution >= 0.6 is 34.4 Å². The molecule has 1 aliphatic heterocycles. The Bertz CT molecular complexity index is 612. The van der Waals surface area contributed by atoms with Gasteiger partial charge in [-0.2, -0.15) is 0 Å². The van der Waals surface area contributed by atoms with E-state index in [0.717, 1.165) is 26.6 Å². The first kappa shape index (κ1) is 15.1. The molecule has 104 valence electrons. The van der Waals surface area contributed by atoms with Crippen LogP contribution < -0.4 is 4.74 Å². The Morgan fingerprint density at radius 3 is 2.80 bits per heavy atom. The first-order valence-electron chi connectivity index (χ1n) is 5.76. The van der Waals surface area contributed by atoms with Gasteiger partial charge in [0.05, 0.1) is 15.6 Å². The molecule has 1 aliphatic rings. The Morgan fingerprint density at radius 2 is 2.20 bits per heavy atom. The summed E-state index contributed by atoms with van der Waals surface area (Å²) in [5, 5.41) is -0.260. The summed E-state index contributed by atoms with van der Waals surface area (Å²) < 4.78 is 6.13. The van der Waals surface area contributed by atoms with Crippen LogP contribution in [0.1, 0.15) is 5.56 Å². The van der Waals surface area contributed by atoms with Crippen molar-refractivity contribution in [1.29, 1.82) is 0 Å². The molecule has 0 aromatic heterocycles. The van der Waals surface area contributed by atoms with E-state index in [1.807, 2.05) is 18.2 Å². The Labute approximate surface area is 135 Å². The molecule has 1 aromatic carbocycles. The second-order valence-electron chi connectivity index (χ2n) is 3.97. The van der Waals surface area contributed by atoms with Crippen LogP contribution in [-0.2, 0) is 4.79 Å². The molecule has 1 aromatic rings. The van der Waals surface area contributed by atoms with E-state index < -0.39 is 0 Å². The zero-order chi connectivity index (χ0) is 14.7. The van der Waals surface area contributed by atoms with Gasteiger partial charge in [-0.3, -0.25) is 14.5 Å². The van der Waals surface area contributed by atoms with Crippen molar-refractivity contribution in [2.24, 2.45) is 0 Å². The van der Waals surface area contributed by atoms with Crippen molar-refractivity contribution in [3.05, 3.63) is 44.9 Å². The Kier molecular flexibility index (Phi) is 4.87. The molecule has 0 saturated carbocycles. The molecule has 0 spiro atoms. The number of carbonyl (C=O) groups is 2. The van der Waals surface area contributed by atoms with Gasteiger partial charge >= 0.3 is 0 Å². The minimum absolute atomic E-state index is 0.238. The molecule has 1 fully saturated rings. The summed E-state index contributed by atoms with van der Waals surface area (Å²) >= 11 is 3.11. The largest absolute Gasteiger partial charge is 0.496 e. The fraction of sp³-hybridized carbons (Fsp3) is 0.143. The fourth-order valence-electron chi connectivity index (χ4n) is 1.71. The number of rotatable bonds is 4. The number of benzene rings is 1. The van der Waals surface area contributed by atoms with Crippen LogP contribution in [0.3, 0.4) is 0 Å². The molecule has 2 amide bonds. The third kappa shape index (κ3) is 3.06.